The van der Waals surface area contributed by atoms with E-state index in [1.807, 2.05) is 16.3 Å². The average molecular weight is 262 g/mol. The number of nitrogens with two attached hydrogens (primary N) is 1. The molecule has 18 heavy (non-hydrogen) atoms. The summed E-state index contributed by atoms with van der Waals surface area (Å²) in [6.45, 7) is 6.41. The van der Waals surface area contributed by atoms with E-state index in [1.54, 1.807) is 0 Å². The molecule has 2 unspecified atom stereocenters. The van der Waals surface area contributed by atoms with Crippen LogP contribution in [0.4, 0.5) is 0 Å². The van der Waals surface area contributed by atoms with Gasteiger partial charge in [-0.25, -0.2) is 0 Å². The summed E-state index contributed by atoms with van der Waals surface area (Å²) in [6.07, 6.45) is 0. The molecule has 2 heterocycles. The Hall–Kier alpha value is -1.31. The summed E-state index contributed by atoms with van der Waals surface area (Å²) in [6, 6.07) is 1.89. The van der Waals surface area contributed by atoms with Gasteiger partial charge in [0.15, 0.2) is 0 Å². The zero-order valence-electron chi connectivity index (χ0n) is 10.8. The number of nitrogens with zero attached hydrogens (tertiary/aromatic N) is 1. The Morgan fingerprint density at radius 1 is 1.50 bits per heavy atom. The van der Waals surface area contributed by atoms with Gasteiger partial charge in [0, 0.05) is 18.7 Å². The fraction of sp³-hybridized carbons (Fsp3) is 0.500. The Morgan fingerprint density at radius 2 is 2.17 bits per heavy atom. The van der Waals surface area contributed by atoms with Crippen LogP contribution in [-0.2, 0) is 0 Å². The smallest absolute Gasteiger partial charge is 0.265 e. The van der Waals surface area contributed by atoms with E-state index in [-0.39, 0.29) is 5.91 Å². The van der Waals surface area contributed by atoms with E-state index >= 15 is 0 Å². The van der Waals surface area contributed by atoms with Gasteiger partial charge in [0.25, 0.3) is 5.91 Å². The summed E-state index contributed by atoms with van der Waals surface area (Å²) < 4.78 is 0. The number of hydrogen-bond donors (Lipinski definition) is 1. The first kappa shape index (κ1) is 13.1. The highest BCUT2D eigenvalue weighted by Crippen LogP contribution is 2.26. The van der Waals surface area contributed by atoms with Crippen molar-refractivity contribution in [2.24, 2.45) is 17.6 Å². The predicted octanol–water partition coefficient (Wildman–Crippen LogP) is 1.79. The van der Waals surface area contributed by atoms with Crippen molar-refractivity contribution in [1.82, 2.24) is 4.90 Å². The number of thiophene rings is 1. The lowest BCUT2D eigenvalue weighted by Crippen LogP contribution is -2.28. The average Bonchev–Trinajstić information content (AvgIpc) is 2.94. The van der Waals surface area contributed by atoms with Gasteiger partial charge in [-0.2, -0.15) is 0 Å². The van der Waals surface area contributed by atoms with E-state index in [4.69, 9.17) is 5.73 Å². The second kappa shape index (κ2) is 5.55. The lowest BCUT2D eigenvalue weighted by molar-refractivity contribution is 0.0789. The van der Waals surface area contributed by atoms with Crippen molar-refractivity contribution in [3.05, 3.63) is 21.9 Å². The highest BCUT2D eigenvalue weighted by molar-refractivity contribution is 7.12. The molecule has 1 amide bonds. The summed E-state index contributed by atoms with van der Waals surface area (Å²) in [5.41, 5.74) is 6.17. The molecule has 0 aliphatic carbocycles. The first-order valence-electron chi connectivity index (χ1n) is 6.19. The molecule has 1 aromatic heterocycles. The molecule has 96 valence electrons. The van der Waals surface area contributed by atoms with Gasteiger partial charge in [0.05, 0.1) is 6.54 Å². The Morgan fingerprint density at radius 3 is 2.78 bits per heavy atom. The Kier molecular flexibility index (Phi) is 4.05. The van der Waals surface area contributed by atoms with Crippen molar-refractivity contribution in [2.45, 2.75) is 13.8 Å². The molecule has 3 nitrogen and oxygen atoms in total. The summed E-state index contributed by atoms with van der Waals surface area (Å²) in [4.78, 5) is 15.1. The Balaban J connectivity index is 2.17. The van der Waals surface area contributed by atoms with Crippen LogP contribution in [0.5, 0.6) is 0 Å². The topological polar surface area (TPSA) is 46.3 Å². The van der Waals surface area contributed by atoms with Gasteiger partial charge in [-0.1, -0.05) is 25.7 Å². The van der Waals surface area contributed by atoms with Crippen LogP contribution in [0.1, 0.15) is 29.1 Å². The standard InChI is InChI=1S/C14H18N2OS/c1-10-8-16(9-11(10)2)14(17)13-12(4-3-6-15)5-7-18-13/h5,7,10-11H,6,8-9,15H2,1-2H3. The number of likely N-dealkylation sites (tertiary alicyclic amines) is 1. The third-order valence-electron chi connectivity index (χ3n) is 3.46. The number of hydrogen-bond acceptors (Lipinski definition) is 3. The van der Waals surface area contributed by atoms with Crippen LogP contribution in [0, 0.1) is 23.7 Å². The minimum absolute atomic E-state index is 0.113. The van der Waals surface area contributed by atoms with E-state index in [1.165, 1.54) is 11.3 Å². The van der Waals surface area contributed by atoms with Crippen LogP contribution in [0.3, 0.4) is 0 Å². The van der Waals surface area contributed by atoms with Crippen LogP contribution in [-0.4, -0.2) is 30.4 Å². The zero-order chi connectivity index (χ0) is 13.1. The molecule has 1 aliphatic rings. The van der Waals surface area contributed by atoms with E-state index in [0.29, 0.717) is 18.4 Å². The van der Waals surface area contributed by atoms with Crippen molar-refractivity contribution in [1.29, 1.82) is 0 Å². The maximum atomic E-state index is 12.4. The molecule has 2 N–H and O–H groups in total. The molecule has 0 radical (unpaired) electrons. The molecular weight excluding hydrogens is 244 g/mol. The Labute approximate surface area is 112 Å². The summed E-state index contributed by atoms with van der Waals surface area (Å²) in [5.74, 6) is 7.04. The zero-order valence-corrected chi connectivity index (χ0v) is 11.6. The molecule has 1 fully saturated rings. The van der Waals surface area contributed by atoms with E-state index in [0.717, 1.165) is 23.5 Å². The van der Waals surface area contributed by atoms with Crippen LogP contribution in [0.15, 0.2) is 11.4 Å². The molecule has 0 aromatic carbocycles. The highest BCUT2D eigenvalue weighted by Gasteiger charge is 2.31. The van der Waals surface area contributed by atoms with E-state index < -0.39 is 0 Å². The van der Waals surface area contributed by atoms with Gasteiger partial charge in [-0.05, 0) is 23.3 Å². The van der Waals surface area contributed by atoms with Gasteiger partial charge in [0.1, 0.15) is 4.88 Å². The fourth-order valence-corrected chi connectivity index (χ4v) is 2.97. The van der Waals surface area contributed by atoms with Gasteiger partial charge >= 0.3 is 0 Å². The summed E-state index contributed by atoms with van der Waals surface area (Å²) >= 11 is 1.46. The third-order valence-corrected chi connectivity index (χ3v) is 4.36. The SMILES string of the molecule is CC1CN(C(=O)c2sccc2C#CCN)CC1C. The van der Waals surface area contributed by atoms with Crippen LogP contribution in [0.2, 0.25) is 0 Å². The molecule has 2 atom stereocenters. The first-order valence-corrected chi connectivity index (χ1v) is 7.07. The monoisotopic (exact) mass is 262 g/mol. The molecule has 1 saturated heterocycles. The van der Waals surface area contributed by atoms with E-state index in [2.05, 4.69) is 25.7 Å². The van der Waals surface area contributed by atoms with E-state index in [9.17, 15) is 4.79 Å². The number of carbonyl (C=O) groups excluding carboxylic acids is 1. The number of amides is 1. The van der Waals surface area contributed by atoms with Gasteiger partial charge < -0.3 is 10.6 Å². The predicted molar refractivity (Wildman–Crippen MR) is 74.5 cm³/mol. The Bertz CT molecular complexity index is 487. The molecule has 4 heteroatoms. The number of rotatable bonds is 1. The fourth-order valence-electron chi connectivity index (χ4n) is 2.16. The maximum absolute atomic E-state index is 12.4. The van der Waals surface area contributed by atoms with Gasteiger partial charge in [-0.3, -0.25) is 4.79 Å². The van der Waals surface area contributed by atoms with Gasteiger partial charge in [0.2, 0.25) is 0 Å². The lowest BCUT2D eigenvalue weighted by atomic mass is 10.0. The molecule has 0 saturated carbocycles. The van der Waals surface area contributed by atoms with Gasteiger partial charge in [-0.15, -0.1) is 11.3 Å². The highest BCUT2D eigenvalue weighted by atomic mass is 32.1. The minimum Gasteiger partial charge on any atom is -0.337 e. The van der Waals surface area contributed by atoms with Crippen molar-refractivity contribution < 1.29 is 4.79 Å². The summed E-state index contributed by atoms with van der Waals surface area (Å²) in [5, 5.41) is 1.91. The first-order chi connectivity index (χ1) is 8.63. The minimum atomic E-state index is 0.113. The van der Waals surface area contributed by atoms with Crippen molar-refractivity contribution in [3.63, 3.8) is 0 Å². The molecule has 1 aliphatic heterocycles. The largest absolute Gasteiger partial charge is 0.337 e. The summed E-state index contributed by atoms with van der Waals surface area (Å²) in [7, 11) is 0. The second-order valence-corrected chi connectivity index (χ2v) is 5.75. The number of carbonyl (C=O) groups is 1. The van der Waals surface area contributed by atoms with Crippen LogP contribution >= 0.6 is 11.3 Å². The van der Waals surface area contributed by atoms with Crippen molar-refractivity contribution >= 4 is 17.2 Å². The second-order valence-electron chi connectivity index (χ2n) is 4.83. The molecule has 0 bridgehead atoms. The molecule has 2 rings (SSSR count). The molecular formula is C14H18N2OS. The maximum Gasteiger partial charge on any atom is 0.265 e. The third kappa shape index (κ3) is 2.58. The lowest BCUT2D eigenvalue weighted by Gasteiger charge is -2.15. The quantitative estimate of drug-likeness (QED) is 0.784. The van der Waals surface area contributed by atoms with Crippen molar-refractivity contribution in [3.8, 4) is 11.8 Å². The van der Waals surface area contributed by atoms with Crippen LogP contribution < -0.4 is 5.73 Å². The molecule has 0 spiro atoms. The van der Waals surface area contributed by atoms with Crippen LogP contribution in [0.25, 0.3) is 0 Å². The molecule has 1 aromatic rings. The normalized spacial score (nSPS) is 22.7. The van der Waals surface area contributed by atoms with Crippen molar-refractivity contribution in [2.75, 3.05) is 19.6 Å².